The van der Waals surface area contributed by atoms with Gasteiger partial charge in [-0.2, -0.15) is 0 Å². The smallest absolute Gasteiger partial charge is 0.227 e. The van der Waals surface area contributed by atoms with E-state index in [-0.39, 0.29) is 11.8 Å². The summed E-state index contributed by atoms with van der Waals surface area (Å²) in [5.74, 6) is -0.0559. The van der Waals surface area contributed by atoms with Crippen LogP contribution < -0.4 is 5.32 Å². The van der Waals surface area contributed by atoms with E-state index in [1.165, 1.54) is 11.8 Å². The first-order valence-corrected chi connectivity index (χ1v) is 9.99. The highest BCUT2D eigenvalue weighted by Crippen LogP contribution is 2.31. The summed E-state index contributed by atoms with van der Waals surface area (Å²) in [5, 5.41) is 2.98. The highest BCUT2D eigenvalue weighted by molar-refractivity contribution is 7.90. The minimum atomic E-state index is -3.19. The van der Waals surface area contributed by atoms with Crippen LogP contribution in [-0.2, 0) is 27.6 Å². The maximum Gasteiger partial charge on any atom is 0.227 e. The molecule has 4 nitrogen and oxygen atoms in total. The van der Waals surface area contributed by atoms with E-state index in [9.17, 15) is 13.2 Å². The summed E-state index contributed by atoms with van der Waals surface area (Å²) >= 11 is 0. The maximum absolute atomic E-state index is 12.6. The number of carbonyl (C=O) groups excluding carboxylic acids is 1. The van der Waals surface area contributed by atoms with Crippen molar-refractivity contribution in [3.05, 3.63) is 65.2 Å². The SMILES string of the molecule is CS(=O)(=O)c1ccc(CNC(=O)[C@H]2CCCc3ccccc32)cc1. The van der Waals surface area contributed by atoms with Crippen LogP contribution in [0.15, 0.2) is 53.4 Å². The number of nitrogens with one attached hydrogen (secondary N) is 1. The van der Waals surface area contributed by atoms with Crippen LogP contribution in [0.4, 0.5) is 0 Å². The van der Waals surface area contributed by atoms with Gasteiger partial charge in [-0.1, -0.05) is 36.4 Å². The van der Waals surface area contributed by atoms with Gasteiger partial charge in [-0.15, -0.1) is 0 Å². The van der Waals surface area contributed by atoms with E-state index in [2.05, 4.69) is 11.4 Å². The molecule has 0 spiro atoms. The van der Waals surface area contributed by atoms with Gasteiger partial charge in [-0.3, -0.25) is 4.79 Å². The van der Waals surface area contributed by atoms with Crippen molar-refractivity contribution in [1.82, 2.24) is 5.32 Å². The van der Waals surface area contributed by atoms with Crippen molar-refractivity contribution < 1.29 is 13.2 Å². The molecule has 1 atom stereocenters. The number of benzene rings is 2. The normalized spacial score (nSPS) is 17.1. The van der Waals surface area contributed by atoms with Crippen molar-refractivity contribution in [3.63, 3.8) is 0 Å². The Labute approximate surface area is 142 Å². The molecule has 0 aromatic heterocycles. The largest absolute Gasteiger partial charge is 0.351 e. The summed E-state index contributed by atoms with van der Waals surface area (Å²) in [4.78, 5) is 12.8. The Morgan fingerprint density at radius 2 is 1.83 bits per heavy atom. The fraction of sp³-hybridized carbons (Fsp3) is 0.316. The van der Waals surface area contributed by atoms with E-state index in [0.717, 1.165) is 30.4 Å². The third-order valence-electron chi connectivity index (χ3n) is 4.50. The lowest BCUT2D eigenvalue weighted by atomic mass is 9.82. The lowest BCUT2D eigenvalue weighted by molar-refractivity contribution is -0.123. The average Bonchev–Trinajstić information content (AvgIpc) is 2.59. The Morgan fingerprint density at radius 1 is 1.12 bits per heavy atom. The highest BCUT2D eigenvalue weighted by Gasteiger charge is 2.25. The molecule has 126 valence electrons. The molecule has 0 saturated carbocycles. The second-order valence-corrected chi connectivity index (χ2v) is 8.29. The molecule has 0 heterocycles. The lowest BCUT2D eigenvalue weighted by Gasteiger charge is -2.24. The quantitative estimate of drug-likeness (QED) is 0.928. The molecule has 0 aliphatic heterocycles. The van der Waals surface area contributed by atoms with Gasteiger partial charge in [0.15, 0.2) is 9.84 Å². The fourth-order valence-corrected chi connectivity index (χ4v) is 3.82. The Bertz CT molecular complexity index is 841. The Hall–Kier alpha value is -2.14. The van der Waals surface area contributed by atoms with Crippen LogP contribution >= 0.6 is 0 Å². The number of hydrogen-bond donors (Lipinski definition) is 1. The molecule has 0 radical (unpaired) electrons. The van der Waals surface area contributed by atoms with Crippen molar-refractivity contribution >= 4 is 15.7 Å². The van der Waals surface area contributed by atoms with Crippen LogP contribution in [0, 0.1) is 0 Å². The van der Waals surface area contributed by atoms with Gasteiger partial charge in [0.05, 0.1) is 10.8 Å². The Kier molecular flexibility index (Phi) is 4.71. The topological polar surface area (TPSA) is 63.2 Å². The number of rotatable bonds is 4. The predicted octanol–water partition coefficient (Wildman–Crippen LogP) is 2.83. The zero-order chi connectivity index (χ0) is 17.2. The van der Waals surface area contributed by atoms with E-state index in [0.29, 0.717) is 11.4 Å². The first-order chi connectivity index (χ1) is 11.4. The number of aryl methyl sites for hydroxylation is 1. The van der Waals surface area contributed by atoms with E-state index < -0.39 is 9.84 Å². The standard InChI is InChI=1S/C19H21NO3S/c1-24(22,23)16-11-9-14(10-12-16)13-20-19(21)18-8-4-6-15-5-2-3-7-17(15)18/h2-3,5,7,9-12,18H,4,6,8,13H2,1H3,(H,20,21)/t18-/m0/s1. The third kappa shape index (κ3) is 3.67. The molecule has 5 heteroatoms. The maximum atomic E-state index is 12.6. The molecular formula is C19H21NO3S. The van der Waals surface area contributed by atoms with Crippen molar-refractivity contribution in [3.8, 4) is 0 Å². The highest BCUT2D eigenvalue weighted by atomic mass is 32.2. The third-order valence-corrected chi connectivity index (χ3v) is 5.63. The average molecular weight is 343 g/mol. The van der Waals surface area contributed by atoms with Gasteiger partial charge in [0.2, 0.25) is 5.91 Å². The molecule has 1 amide bonds. The first-order valence-electron chi connectivity index (χ1n) is 8.09. The van der Waals surface area contributed by atoms with Crippen molar-refractivity contribution in [2.75, 3.05) is 6.26 Å². The van der Waals surface area contributed by atoms with Crippen molar-refractivity contribution in [2.24, 2.45) is 0 Å². The van der Waals surface area contributed by atoms with Gasteiger partial charge in [-0.25, -0.2) is 8.42 Å². The summed E-state index contributed by atoms with van der Waals surface area (Å²) in [6.45, 7) is 0.404. The molecule has 2 aromatic carbocycles. The Balaban J connectivity index is 1.66. The first kappa shape index (κ1) is 16.7. The summed E-state index contributed by atoms with van der Waals surface area (Å²) in [7, 11) is -3.19. The van der Waals surface area contributed by atoms with E-state index in [1.54, 1.807) is 24.3 Å². The fourth-order valence-electron chi connectivity index (χ4n) is 3.19. The summed E-state index contributed by atoms with van der Waals surface area (Å²) < 4.78 is 22.9. The molecule has 0 bridgehead atoms. The van der Waals surface area contributed by atoms with Gasteiger partial charge >= 0.3 is 0 Å². The molecule has 1 aliphatic rings. The number of fused-ring (bicyclic) bond motifs is 1. The second kappa shape index (κ2) is 6.77. The minimum absolute atomic E-state index is 0.0364. The Morgan fingerprint density at radius 3 is 2.54 bits per heavy atom. The number of sulfone groups is 1. The summed E-state index contributed by atoms with van der Waals surface area (Å²) in [5.41, 5.74) is 3.29. The van der Waals surface area contributed by atoms with Gasteiger partial charge in [-0.05, 0) is 48.1 Å². The van der Waals surface area contributed by atoms with Gasteiger partial charge in [0, 0.05) is 12.8 Å². The minimum Gasteiger partial charge on any atom is -0.351 e. The molecule has 1 aliphatic carbocycles. The number of hydrogen-bond acceptors (Lipinski definition) is 3. The molecule has 2 aromatic rings. The molecule has 24 heavy (non-hydrogen) atoms. The molecule has 0 fully saturated rings. The number of carbonyl (C=O) groups is 1. The van der Waals surface area contributed by atoms with Crippen LogP contribution in [0.2, 0.25) is 0 Å². The van der Waals surface area contributed by atoms with Crippen molar-refractivity contribution in [1.29, 1.82) is 0 Å². The zero-order valence-electron chi connectivity index (χ0n) is 13.7. The molecule has 3 rings (SSSR count). The van der Waals surface area contributed by atoms with Crippen LogP contribution in [0.1, 0.15) is 35.4 Å². The summed E-state index contributed by atoms with van der Waals surface area (Å²) in [6.07, 6.45) is 4.12. The van der Waals surface area contributed by atoms with Crippen molar-refractivity contribution in [2.45, 2.75) is 36.6 Å². The van der Waals surface area contributed by atoms with Crippen LogP contribution in [-0.4, -0.2) is 20.6 Å². The van der Waals surface area contributed by atoms with E-state index >= 15 is 0 Å². The monoisotopic (exact) mass is 343 g/mol. The lowest BCUT2D eigenvalue weighted by Crippen LogP contribution is -2.31. The molecule has 1 N–H and O–H groups in total. The molecule has 0 unspecified atom stereocenters. The summed E-state index contributed by atoms with van der Waals surface area (Å²) in [6, 6.07) is 14.8. The van der Waals surface area contributed by atoms with E-state index in [1.807, 2.05) is 18.2 Å². The zero-order valence-corrected chi connectivity index (χ0v) is 14.5. The van der Waals surface area contributed by atoms with Crippen LogP contribution in [0.5, 0.6) is 0 Å². The predicted molar refractivity (Wildman–Crippen MR) is 93.5 cm³/mol. The molecule has 0 saturated heterocycles. The van der Waals surface area contributed by atoms with Crippen LogP contribution in [0.25, 0.3) is 0 Å². The van der Waals surface area contributed by atoms with Crippen LogP contribution in [0.3, 0.4) is 0 Å². The van der Waals surface area contributed by atoms with E-state index in [4.69, 9.17) is 0 Å². The molecular weight excluding hydrogens is 322 g/mol. The van der Waals surface area contributed by atoms with Gasteiger partial charge < -0.3 is 5.32 Å². The second-order valence-electron chi connectivity index (χ2n) is 6.28. The van der Waals surface area contributed by atoms with Gasteiger partial charge in [0.1, 0.15) is 0 Å². The number of amides is 1. The van der Waals surface area contributed by atoms with Gasteiger partial charge in [0.25, 0.3) is 0 Å².